The maximum Gasteiger partial charge on any atom is 0.385 e. The van der Waals surface area contributed by atoms with Crippen molar-refractivity contribution in [1.29, 1.82) is 0 Å². The molecule has 488 valence electrons. The third kappa shape index (κ3) is 26.4. The van der Waals surface area contributed by atoms with Crippen molar-refractivity contribution in [1.82, 2.24) is 0 Å². The number of halogens is 20. The lowest BCUT2D eigenvalue weighted by atomic mass is 9.82. The summed E-state index contributed by atoms with van der Waals surface area (Å²) in [5.74, 6) is -24.8. The summed E-state index contributed by atoms with van der Waals surface area (Å²) < 4.78 is 366. The first-order valence-electron chi connectivity index (χ1n) is 22.7. The van der Waals surface area contributed by atoms with Crippen molar-refractivity contribution >= 4 is 35.8 Å². The average molecular weight is 1290 g/mol. The van der Waals surface area contributed by atoms with Crippen molar-refractivity contribution in [3.05, 3.63) is 75.9 Å². The Hall–Kier alpha value is -6.42. The van der Waals surface area contributed by atoms with Gasteiger partial charge in [0.2, 0.25) is 0 Å². The SMILES string of the molecule is C=CC(=O)OCCC(F)(F)OC(F)(F)C(COCC(F)(F)COC(=O)C=C)(COCC(F)(F)COC(=O)C=C)COC(F)(F)C(COCC(F)(F)COC(=O)C=C)(C(F)(F)OC(F)(F)CCOC(=O)C=C)C(F)(F)OC(F)(F)CCOC(=O)C=C. The molecular formula is C46H50F20O19. The van der Waals surface area contributed by atoms with E-state index in [-0.39, 0.29) is 36.5 Å². The zero-order chi connectivity index (χ0) is 66.2. The first kappa shape index (κ1) is 78.6. The number of hydrogen-bond acceptors (Lipinski definition) is 19. The van der Waals surface area contributed by atoms with Crippen LogP contribution in [0.25, 0.3) is 0 Å². The summed E-state index contributed by atoms with van der Waals surface area (Å²) >= 11 is 0. The summed E-state index contributed by atoms with van der Waals surface area (Å²) in [6.45, 7) is -17.3. The van der Waals surface area contributed by atoms with E-state index in [0.717, 1.165) is 0 Å². The molecule has 0 aromatic heterocycles. The van der Waals surface area contributed by atoms with E-state index < -0.39 is 212 Å². The molecule has 0 amide bonds. The molecule has 0 N–H and O–H groups in total. The molecule has 0 atom stereocenters. The Morgan fingerprint density at radius 2 is 0.541 bits per heavy atom. The van der Waals surface area contributed by atoms with Crippen LogP contribution < -0.4 is 0 Å². The van der Waals surface area contributed by atoms with E-state index in [1.807, 2.05) is 0 Å². The molecule has 0 aliphatic rings. The molecular weight excluding hydrogens is 1240 g/mol. The van der Waals surface area contributed by atoms with Crippen LogP contribution in [-0.2, 0) is 90.3 Å². The monoisotopic (exact) mass is 1290 g/mol. The Bertz CT molecular complexity index is 2210. The highest BCUT2D eigenvalue weighted by molar-refractivity contribution is 5.82. The van der Waals surface area contributed by atoms with Gasteiger partial charge in [-0.2, -0.15) is 61.5 Å². The van der Waals surface area contributed by atoms with E-state index in [4.69, 9.17) is 0 Å². The van der Waals surface area contributed by atoms with E-state index >= 15 is 61.5 Å². The van der Waals surface area contributed by atoms with Crippen LogP contribution in [0.3, 0.4) is 0 Å². The molecule has 0 unspecified atom stereocenters. The Kier molecular flexibility index (Phi) is 29.9. The third-order valence-electron chi connectivity index (χ3n) is 9.67. The molecule has 0 spiro atoms. The van der Waals surface area contributed by atoms with Gasteiger partial charge in [0, 0.05) is 36.5 Å². The lowest BCUT2D eigenvalue weighted by Gasteiger charge is -2.48. The van der Waals surface area contributed by atoms with Crippen LogP contribution >= 0.6 is 0 Å². The van der Waals surface area contributed by atoms with Crippen LogP contribution in [0.4, 0.5) is 87.8 Å². The summed E-state index contributed by atoms with van der Waals surface area (Å²) in [6.07, 6.45) is -53.8. The molecule has 19 nitrogen and oxygen atoms in total. The summed E-state index contributed by atoms with van der Waals surface area (Å²) in [7, 11) is 0. The fraction of sp³-hybridized carbons (Fsp3) is 0.609. The highest BCUT2D eigenvalue weighted by Crippen LogP contribution is 2.62. The second-order valence-corrected chi connectivity index (χ2v) is 16.6. The van der Waals surface area contributed by atoms with Gasteiger partial charge in [0.05, 0.1) is 65.5 Å². The van der Waals surface area contributed by atoms with Crippen LogP contribution in [0.1, 0.15) is 19.3 Å². The number of ether oxygens (including phenoxy) is 13. The van der Waals surface area contributed by atoms with Gasteiger partial charge in [-0.3, -0.25) is 14.2 Å². The van der Waals surface area contributed by atoms with Gasteiger partial charge >= 0.3 is 96.3 Å². The van der Waals surface area contributed by atoms with Gasteiger partial charge in [-0.25, -0.2) is 55.1 Å². The van der Waals surface area contributed by atoms with Crippen LogP contribution in [0.5, 0.6) is 0 Å². The van der Waals surface area contributed by atoms with E-state index in [9.17, 15) is 55.1 Å². The molecule has 0 fully saturated rings. The number of rotatable bonds is 46. The second-order valence-electron chi connectivity index (χ2n) is 16.6. The van der Waals surface area contributed by atoms with Crippen LogP contribution in [0.2, 0.25) is 0 Å². The molecule has 0 radical (unpaired) electrons. The summed E-state index contributed by atoms with van der Waals surface area (Å²) in [4.78, 5) is 68.6. The fourth-order valence-electron chi connectivity index (χ4n) is 5.45. The zero-order valence-electron chi connectivity index (χ0n) is 43.3. The largest absolute Gasteiger partial charge is 0.462 e. The smallest absolute Gasteiger partial charge is 0.385 e. The molecule has 0 aromatic carbocycles. The molecule has 0 aliphatic carbocycles. The van der Waals surface area contributed by atoms with Gasteiger partial charge in [-0.05, 0) is 0 Å². The van der Waals surface area contributed by atoms with E-state index in [2.05, 4.69) is 101 Å². The van der Waals surface area contributed by atoms with Crippen LogP contribution in [0, 0.1) is 10.8 Å². The maximum atomic E-state index is 17.3. The topological polar surface area (TPSA) is 222 Å². The van der Waals surface area contributed by atoms with Crippen LogP contribution in [-0.4, -0.2) is 182 Å². The molecule has 0 aliphatic heterocycles. The minimum atomic E-state index is -7.69. The normalized spacial score (nSPS) is 13.4. The van der Waals surface area contributed by atoms with Gasteiger partial charge in [0.25, 0.3) is 5.41 Å². The van der Waals surface area contributed by atoms with Gasteiger partial charge in [0.15, 0.2) is 19.8 Å². The Balaban J connectivity index is 9.01. The number of hydrogen-bond donors (Lipinski definition) is 0. The van der Waals surface area contributed by atoms with Crippen molar-refractivity contribution < 1.29 is 178 Å². The third-order valence-corrected chi connectivity index (χ3v) is 9.67. The van der Waals surface area contributed by atoms with Gasteiger partial charge in [0.1, 0.15) is 25.2 Å². The van der Waals surface area contributed by atoms with Crippen molar-refractivity contribution in [3.8, 4) is 0 Å². The van der Waals surface area contributed by atoms with E-state index in [1.165, 1.54) is 0 Å². The number of carbonyl (C=O) groups is 6. The highest BCUT2D eigenvalue weighted by atomic mass is 19.3. The molecule has 39 heteroatoms. The minimum Gasteiger partial charge on any atom is -0.462 e. The van der Waals surface area contributed by atoms with Crippen molar-refractivity contribution in [2.45, 2.75) is 79.8 Å². The fourth-order valence-corrected chi connectivity index (χ4v) is 5.45. The number of alkyl halides is 20. The Labute approximate surface area is 466 Å². The summed E-state index contributed by atoms with van der Waals surface area (Å²) in [5.41, 5.74) is -12.5. The van der Waals surface area contributed by atoms with Crippen molar-refractivity contribution in [2.75, 3.05) is 85.9 Å². The van der Waals surface area contributed by atoms with E-state index in [1.54, 1.807) is 0 Å². The van der Waals surface area contributed by atoms with Gasteiger partial charge < -0.3 is 47.4 Å². The number of esters is 6. The molecule has 0 saturated carbocycles. The molecule has 0 saturated heterocycles. The predicted octanol–water partition coefficient (Wildman–Crippen LogP) is 8.68. The first-order valence-corrected chi connectivity index (χ1v) is 22.7. The standard InChI is InChI=1S/C46H50F20O19/c1-7-29(67)76-16-13-40(53,54)83-43(59,60)35(19-73-22-36(47,48)25-79-32(70)10-4,20-74-23-37(49,50)26-80-33(71)11-5)21-82-44(61,62)39(28-75-24-38(51,52)27-81-34(72)12-6,45(63,64)84-41(55,56)14-17-77-30(68)8-2)46(65,66)85-42(57,58)15-18-78-31(69)9-3/h7-12H,1-6,13-28H2. The lowest BCUT2D eigenvalue weighted by Crippen LogP contribution is -2.71. The first-order chi connectivity index (χ1) is 38.7. The summed E-state index contributed by atoms with van der Waals surface area (Å²) in [5, 5.41) is 0. The van der Waals surface area contributed by atoms with Crippen molar-refractivity contribution in [2.24, 2.45) is 10.8 Å². The Morgan fingerprint density at radius 1 is 0.294 bits per heavy atom. The zero-order valence-corrected chi connectivity index (χ0v) is 43.3. The molecule has 85 heavy (non-hydrogen) atoms. The second kappa shape index (κ2) is 32.4. The summed E-state index contributed by atoms with van der Waals surface area (Å²) in [6, 6.07) is 0. The Morgan fingerprint density at radius 3 is 0.812 bits per heavy atom. The minimum absolute atomic E-state index is 0.151. The molecule has 0 bridgehead atoms. The maximum absolute atomic E-state index is 17.3. The van der Waals surface area contributed by atoms with Gasteiger partial charge in [-0.1, -0.05) is 39.5 Å². The molecule has 0 heterocycles. The van der Waals surface area contributed by atoms with Crippen LogP contribution in [0.15, 0.2) is 75.9 Å². The average Bonchev–Trinajstić information content (AvgIpc) is 0.857. The quantitative estimate of drug-likeness (QED) is 0.0241. The lowest BCUT2D eigenvalue weighted by molar-refractivity contribution is -0.545. The molecule has 0 rings (SSSR count). The van der Waals surface area contributed by atoms with Gasteiger partial charge in [-0.15, -0.1) is 0 Å². The van der Waals surface area contributed by atoms with E-state index in [0.29, 0.717) is 0 Å². The highest BCUT2D eigenvalue weighted by Gasteiger charge is 2.86. The predicted molar refractivity (Wildman–Crippen MR) is 237 cm³/mol. The van der Waals surface area contributed by atoms with Crippen molar-refractivity contribution in [3.63, 3.8) is 0 Å². The molecule has 0 aromatic rings. The number of carbonyl (C=O) groups excluding carboxylic acids is 6.